The van der Waals surface area contributed by atoms with Crippen molar-refractivity contribution >= 4 is 11.9 Å². The Morgan fingerprint density at radius 2 is 1.42 bits per heavy atom. The molecule has 0 saturated carbocycles. The van der Waals surface area contributed by atoms with Crippen molar-refractivity contribution in [2.24, 2.45) is 17.2 Å². The lowest BCUT2D eigenvalue weighted by Gasteiger charge is -2.11. The van der Waals surface area contributed by atoms with Crippen LogP contribution < -0.4 is 26.6 Å². The normalized spacial score (nSPS) is 20.2. The largest absolute Gasteiger partial charge is 0.573 e. The number of primary amides is 1. The van der Waals surface area contributed by atoms with Crippen LogP contribution in [-0.2, 0) is 14.3 Å². The molecule has 0 heterocycles. The fourth-order valence-electron chi connectivity index (χ4n) is 1.63. The van der Waals surface area contributed by atoms with Gasteiger partial charge in [0.05, 0.1) is 18.1 Å². The minimum Gasteiger partial charge on any atom is -0.468 e. The van der Waals surface area contributed by atoms with Gasteiger partial charge in [-0.25, -0.2) is 0 Å². The van der Waals surface area contributed by atoms with E-state index in [0.717, 1.165) is 13.2 Å². The first-order valence-electron chi connectivity index (χ1n) is 13.7. The Morgan fingerprint density at radius 1 is 0.909 bits per heavy atom. The van der Waals surface area contributed by atoms with Gasteiger partial charge in [0, 0.05) is 0 Å². The number of nitrogens with two attached hydrogens (primary N) is 3. The molecule has 2 aromatic carbocycles. The van der Waals surface area contributed by atoms with Crippen molar-refractivity contribution in [3.8, 4) is 11.5 Å². The van der Waals surface area contributed by atoms with Crippen LogP contribution in [0.15, 0.2) is 48.4 Å². The highest BCUT2D eigenvalue weighted by molar-refractivity contribution is 5.81. The highest BCUT2D eigenvalue weighted by Crippen LogP contribution is 2.25. The highest BCUT2D eigenvalue weighted by Gasteiger charge is 2.31. The molecule has 6 N–H and O–H groups in total. The van der Waals surface area contributed by atoms with Crippen molar-refractivity contribution in [3.05, 3.63) is 59.5 Å². The van der Waals surface area contributed by atoms with E-state index >= 15 is 0 Å². The summed E-state index contributed by atoms with van der Waals surface area (Å²) in [7, 11) is 0.963. The number of benzene rings is 2. The Labute approximate surface area is 200 Å². The molecule has 2 unspecified atom stereocenters. The number of ether oxygens (including phenoxy) is 3. The lowest BCUT2D eigenvalue weighted by atomic mass is 10.1. The van der Waals surface area contributed by atoms with Crippen LogP contribution in [0.4, 0.5) is 26.3 Å². The van der Waals surface area contributed by atoms with Crippen molar-refractivity contribution in [2.75, 3.05) is 7.11 Å². The van der Waals surface area contributed by atoms with Gasteiger partial charge in [0.2, 0.25) is 5.91 Å². The van der Waals surface area contributed by atoms with Gasteiger partial charge in [-0.2, -0.15) is 0 Å². The lowest BCUT2D eigenvalue weighted by Crippen LogP contribution is -2.28. The second kappa shape index (κ2) is 11.4. The highest BCUT2D eigenvalue weighted by atomic mass is 19.4. The number of rotatable bonds is 7. The van der Waals surface area contributed by atoms with Gasteiger partial charge in [-0.3, -0.25) is 9.59 Å². The lowest BCUT2D eigenvalue weighted by molar-refractivity contribution is -0.275. The van der Waals surface area contributed by atoms with E-state index in [1.54, 1.807) is 0 Å². The molecule has 0 fully saturated rings. The first kappa shape index (κ1) is 13.9. The first-order chi connectivity index (χ1) is 20.2. The molecule has 33 heavy (non-hydrogen) atoms. The third-order valence-corrected chi connectivity index (χ3v) is 2.90. The Balaban J connectivity index is 0.000000461. The van der Waals surface area contributed by atoms with Gasteiger partial charge < -0.3 is 31.4 Å². The first-order valence-corrected chi connectivity index (χ1v) is 7.87. The molecule has 8 nitrogen and oxygen atoms in total. The topological polar surface area (TPSA) is 140 Å². The number of halogens is 6. The molecule has 0 aliphatic heterocycles. The maximum Gasteiger partial charge on any atom is 0.573 e. The van der Waals surface area contributed by atoms with Gasteiger partial charge in [0.1, 0.15) is 26.4 Å². The van der Waals surface area contributed by atoms with Crippen LogP contribution >= 0.6 is 0 Å². The van der Waals surface area contributed by atoms with Gasteiger partial charge in [-0.15, -0.1) is 26.3 Å². The third kappa shape index (κ3) is 10.1. The zero-order valence-corrected chi connectivity index (χ0v) is 15.9. The van der Waals surface area contributed by atoms with E-state index in [9.17, 15) is 35.9 Å². The van der Waals surface area contributed by atoms with E-state index in [-0.39, 0.29) is 0 Å². The maximum atomic E-state index is 12.3. The van der Waals surface area contributed by atoms with Crippen molar-refractivity contribution in [2.45, 2.75) is 24.8 Å². The number of carbonyl (C=O) groups is 2. The molecule has 0 aromatic heterocycles. The molecule has 2 aromatic rings. The van der Waals surface area contributed by atoms with Gasteiger partial charge >= 0.3 is 18.7 Å². The second-order valence-corrected chi connectivity index (χ2v) is 5.22. The zero-order valence-electron chi connectivity index (χ0n) is 27.9. The number of esters is 1. The minimum absolute atomic E-state index is 0.469. The Hall–Kier alpha value is -3.52. The van der Waals surface area contributed by atoms with Gasteiger partial charge in [0.15, 0.2) is 2.82 Å². The fraction of sp³-hybridized carbons (Fsp3) is 0.263. The van der Waals surface area contributed by atoms with Crippen molar-refractivity contribution in [3.63, 3.8) is 0 Å². The second-order valence-electron chi connectivity index (χ2n) is 5.22. The smallest absolute Gasteiger partial charge is 0.468 e. The van der Waals surface area contributed by atoms with Crippen molar-refractivity contribution < 1.29 is 66.8 Å². The zero-order chi connectivity index (χ0) is 35.6. The maximum absolute atomic E-state index is 12.3. The van der Waals surface area contributed by atoms with Crippen molar-refractivity contribution in [1.29, 1.82) is 0 Å². The molecule has 2 atom stereocenters. The molecule has 0 aliphatic rings. The van der Waals surface area contributed by atoms with E-state index in [0.29, 0.717) is 6.07 Å². The summed E-state index contributed by atoms with van der Waals surface area (Å²) in [5.74, 6) is -5.60. The Bertz CT molecular complexity index is 1420. The summed E-state index contributed by atoms with van der Waals surface area (Å²) < 4.78 is 173. The van der Waals surface area contributed by atoms with Crippen molar-refractivity contribution in [1.82, 2.24) is 0 Å². The number of methoxy groups -OCH3 is 1. The quantitative estimate of drug-likeness (QED) is 0.396. The molecule has 182 valence electrons. The van der Waals surface area contributed by atoms with E-state index in [2.05, 4.69) is 14.2 Å². The van der Waals surface area contributed by atoms with Crippen LogP contribution in [0.25, 0.3) is 0 Å². The molecule has 2 rings (SSSR count). The molecule has 0 bridgehead atoms. The third-order valence-electron chi connectivity index (χ3n) is 2.90. The van der Waals surface area contributed by atoms with Crippen LogP contribution in [0.2, 0.25) is 5.65 Å². The molecule has 1 amide bonds. The number of carbonyl (C=O) groups excluding carboxylic acids is 2. The number of alkyl halides is 6. The van der Waals surface area contributed by atoms with E-state index in [1.165, 1.54) is 0 Å². The van der Waals surface area contributed by atoms with Crippen LogP contribution in [-0.4, -0.2) is 31.7 Å². The summed E-state index contributed by atoms with van der Waals surface area (Å²) in [5, 5.41) is 0. The summed E-state index contributed by atoms with van der Waals surface area (Å²) in [4.78, 5) is 23.1. The minimum atomic E-state index is -5.35. The van der Waals surface area contributed by atoms with E-state index in [1.807, 2.05) is 0 Å². The van der Waals surface area contributed by atoms with Gasteiger partial charge in [-0.1, -0.05) is 24.2 Å². The van der Waals surface area contributed by atoms with Crippen LogP contribution in [0.5, 0.6) is 11.5 Å². The summed E-state index contributed by atoms with van der Waals surface area (Å²) in [6, 6.07) is -11.7. The molecular weight excluding hydrogens is 464 g/mol. The monoisotopic (exact) mass is 495 g/mol. The average Bonchev–Trinajstić information content (AvgIpc) is 2.90. The summed E-state index contributed by atoms with van der Waals surface area (Å²) in [6.45, 7) is 0. The molecule has 0 aliphatic carbocycles. The summed E-state index contributed by atoms with van der Waals surface area (Å²) >= 11 is 0. The predicted molar refractivity (Wildman–Crippen MR) is 101 cm³/mol. The summed E-state index contributed by atoms with van der Waals surface area (Å²) in [5.41, 5.74) is 2.19. The van der Waals surface area contributed by atoms with Gasteiger partial charge in [-0.05, 0) is 35.3 Å². The molecule has 14 heteroatoms. The van der Waals surface area contributed by atoms with Gasteiger partial charge in [0.25, 0.3) is 0 Å². The average molecular weight is 495 g/mol. The standard InChI is InChI=1S/C10H10F3NO3.C9H9F3N2O2/c1-16-9(15)8(14)6-2-4-7(5-3-6)17-10(11,12)13;10-9(11,12)16-6-3-1-5(2-4-6)7(13)8(14)15/h2-5,8H,14H2,1H3;1-4,7H,13H2,(H2,14,15)/i2D,4D,8D;1D,2D,3D,4D,7D/hD4. The van der Waals surface area contributed by atoms with E-state index < -0.39 is 107 Å². The molecule has 0 radical (unpaired) electrons. The summed E-state index contributed by atoms with van der Waals surface area (Å²) in [6.07, 6.45) is -10.4. The predicted octanol–water partition coefficient (Wildman–Crippen LogP) is 2.83. The number of amides is 1. The molecule has 0 spiro atoms. The van der Waals surface area contributed by atoms with Crippen LogP contribution in [0.3, 0.4) is 0 Å². The SMILES string of the molecule is [2H]c1c(OC(F)(F)F)ccc(C([2H])(N)C(=O)OC)c1[2H].[2H]c1c([2H])c(C([2H])(C(=O)N([2H])[2H])N([2H])[2H])c([2H])c([2H])c1OC(F)(F)F. The Kier molecular flexibility index (Phi) is 4.79. The van der Waals surface area contributed by atoms with Crippen LogP contribution in [0, 0.1) is 0 Å². The fourth-order valence-corrected chi connectivity index (χ4v) is 1.63. The Morgan fingerprint density at radius 3 is 1.91 bits per heavy atom. The number of hydrogen-bond acceptors (Lipinski definition) is 7. The van der Waals surface area contributed by atoms with E-state index in [4.69, 9.17) is 22.3 Å². The molecule has 0 saturated heterocycles. The number of hydrogen-bond donors (Lipinski definition) is 3. The molecular formula is C19H19F6N3O5. The van der Waals surface area contributed by atoms with Crippen LogP contribution in [0.1, 0.15) is 34.1 Å².